The van der Waals surface area contributed by atoms with E-state index in [1.165, 1.54) is 18.0 Å². The number of carbonyl (C=O) groups is 2. The lowest BCUT2D eigenvalue weighted by molar-refractivity contribution is -0.133. The minimum atomic E-state index is -0.601. The van der Waals surface area contributed by atoms with Gasteiger partial charge in [-0.05, 0) is 43.3 Å². The molecule has 144 valence electrons. The third kappa shape index (κ3) is 4.43. The van der Waals surface area contributed by atoms with Crippen LogP contribution in [0.1, 0.15) is 21.6 Å². The second-order valence-corrected chi connectivity index (χ2v) is 6.35. The Kier molecular flexibility index (Phi) is 5.84. The molecule has 0 unspecified atom stereocenters. The van der Waals surface area contributed by atoms with Crippen molar-refractivity contribution in [1.29, 1.82) is 0 Å². The molecule has 28 heavy (non-hydrogen) atoms. The van der Waals surface area contributed by atoms with E-state index >= 15 is 0 Å². The van der Waals surface area contributed by atoms with Crippen LogP contribution in [0.5, 0.6) is 0 Å². The highest BCUT2D eigenvalue weighted by Gasteiger charge is 2.15. The third-order valence-corrected chi connectivity index (χ3v) is 4.30. The first kappa shape index (κ1) is 19.3. The Bertz CT molecular complexity index is 983. The second kappa shape index (κ2) is 8.47. The summed E-state index contributed by atoms with van der Waals surface area (Å²) >= 11 is 0. The van der Waals surface area contributed by atoms with Gasteiger partial charge in [0, 0.05) is 31.0 Å². The summed E-state index contributed by atoms with van der Waals surface area (Å²) in [6.45, 7) is 1.61. The molecule has 1 heterocycles. The normalized spacial score (nSPS) is 10.5. The fourth-order valence-corrected chi connectivity index (χ4v) is 2.67. The average molecular weight is 381 g/mol. The molecule has 0 atom stereocenters. The summed E-state index contributed by atoms with van der Waals surface area (Å²) in [4.78, 5) is 25.6. The molecule has 0 spiro atoms. The Balaban J connectivity index is 1.55. The zero-order valence-corrected chi connectivity index (χ0v) is 15.6. The lowest BCUT2D eigenvalue weighted by Gasteiger charge is -2.17. The maximum Gasteiger partial charge on any atom is 0.338 e. The van der Waals surface area contributed by atoms with Crippen molar-refractivity contribution < 1.29 is 18.7 Å². The Labute approximate surface area is 162 Å². The Morgan fingerprint density at radius 2 is 1.82 bits per heavy atom. The van der Waals surface area contributed by atoms with Crippen molar-refractivity contribution in [2.75, 3.05) is 13.7 Å². The van der Waals surface area contributed by atoms with E-state index in [1.807, 2.05) is 13.0 Å². The third-order valence-electron chi connectivity index (χ3n) is 4.30. The van der Waals surface area contributed by atoms with Gasteiger partial charge < -0.3 is 9.64 Å². The van der Waals surface area contributed by atoms with Crippen LogP contribution in [0.2, 0.25) is 0 Å². The largest absolute Gasteiger partial charge is 0.452 e. The van der Waals surface area contributed by atoms with Crippen LogP contribution in [0.25, 0.3) is 5.69 Å². The number of amides is 1. The monoisotopic (exact) mass is 381 g/mol. The summed E-state index contributed by atoms with van der Waals surface area (Å²) in [5.74, 6) is -1.40. The van der Waals surface area contributed by atoms with Gasteiger partial charge in [-0.3, -0.25) is 4.79 Å². The summed E-state index contributed by atoms with van der Waals surface area (Å²) in [6, 6.07) is 14.8. The number of rotatable bonds is 6. The lowest BCUT2D eigenvalue weighted by atomic mass is 10.2. The molecule has 0 bridgehead atoms. The molecule has 0 aliphatic rings. The second-order valence-electron chi connectivity index (χ2n) is 6.35. The number of likely N-dealkylation sites (N-methyl/N-ethyl adjacent to an activating group) is 1. The maximum atomic E-state index is 13.7. The number of aromatic nitrogens is 2. The number of nitrogens with zero attached hydrogens (tertiary/aromatic N) is 3. The number of benzene rings is 2. The molecule has 3 rings (SSSR count). The van der Waals surface area contributed by atoms with E-state index in [4.69, 9.17) is 4.74 Å². The summed E-state index contributed by atoms with van der Waals surface area (Å²) in [7, 11) is 1.53. The highest BCUT2D eigenvalue weighted by atomic mass is 19.1. The highest BCUT2D eigenvalue weighted by molar-refractivity contribution is 5.91. The van der Waals surface area contributed by atoms with Crippen LogP contribution in [-0.2, 0) is 16.1 Å². The fourth-order valence-electron chi connectivity index (χ4n) is 2.67. The molecule has 0 saturated heterocycles. The van der Waals surface area contributed by atoms with Crippen LogP contribution in [0.4, 0.5) is 4.39 Å². The van der Waals surface area contributed by atoms with Gasteiger partial charge in [-0.2, -0.15) is 5.10 Å². The zero-order valence-electron chi connectivity index (χ0n) is 15.6. The van der Waals surface area contributed by atoms with Crippen molar-refractivity contribution in [3.63, 3.8) is 0 Å². The zero-order chi connectivity index (χ0) is 20.1. The molecule has 1 amide bonds. The Hall–Kier alpha value is -3.48. The van der Waals surface area contributed by atoms with Crippen molar-refractivity contribution in [2.45, 2.75) is 13.5 Å². The van der Waals surface area contributed by atoms with Gasteiger partial charge in [-0.15, -0.1) is 0 Å². The van der Waals surface area contributed by atoms with Crippen LogP contribution < -0.4 is 0 Å². The van der Waals surface area contributed by atoms with E-state index in [9.17, 15) is 14.0 Å². The van der Waals surface area contributed by atoms with Gasteiger partial charge >= 0.3 is 5.97 Å². The molecule has 0 fully saturated rings. The van der Waals surface area contributed by atoms with Crippen molar-refractivity contribution in [1.82, 2.24) is 14.7 Å². The standard InChI is InChI=1S/C21H20FN3O3/c1-15-11-12-23-25(15)18-9-7-16(8-10-18)21(27)28-14-20(26)24(2)13-17-5-3-4-6-19(17)22/h3-12H,13-14H2,1-2H3. The number of ether oxygens (including phenoxy) is 1. The first-order chi connectivity index (χ1) is 13.5. The average Bonchev–Trinajstić information content (AvgIpc) is 3.13. The Morgan fingerprint density at radius 1 is 1.11 bits per heavy atom. The number of halogens is 1. The van der Waals surface area contributed by atoms with Gasteiger partial charge in [0.05, 0.1) is 11.3 Å². The first-order valence-electron chi connectivity index (χ1n) is 8.71. The molecule has 0 N–H and O–H groups in total. The minimum Gasteiger partial charge on any atom is -0.452 e. The van der Waals surface area contributed by atoms with E-state index in [2.05, 4.69) is 5.10 Å². The van der Waals surface area contributed by atoms with Gasteiger partial charge in [0.2, 0.25) is 0 Å². The van der Waals surface area contributed by atoms with Gasteiger partial charge in [-0.1, -0.05) is 18.2 Å². The van der Waals surface area contributed by atoms with Crippen LogP contribution >= 0.6 is 0 Å². The SMILES string of the molecule is Cc1ccnn1-c1ccc(C(=O)OCC(=O)N(C)Cc2ccccc2F)cc1. The van der Waals surface area contributed by atoms with Crippen LogP contribution in [0.15, 0.2) is 60.8 Å². The van der Waals surface area contributed by atoms with E-state index in [0.717, 1.165) is 11.4 Å². The van der Waals surface area contributed by atoms with Crippen LogP contribution in [0.3, 0.4) is 0 Å². The van der Waals surface area contributed by atoms with Gasteiger partial charge in [0.15, 0.2) is 6.61 Å². The molecule has 0 aliphatic heterocycles. The number of hydrogen-bond acceptors (Lipinski definition) is 4. The summed E-state index contributed by atoms with van der Waals surface area (Å²) in [6.07, 6.45) is 1.70. The molecular weight excluding hydrogens is 361 g/mol. The van der Waals surface area contributed by atoms with Crippen LogP contribution in [-0.4, -0.2) is 40.2 Å². The first-order valence-corrected chi connectivity index (χ1v) is 8.71. The lowest BCUT2D eigenvalue weighted by Crippen LogP contribution is -2.31. The molecule has 0 radical (unpaired) electrons. The molecule has 1 aromatic heterocycles. The summed E-state index contributed by atoms with van der Waals surface area (Å²) < 4.78 is 20.5. The predicted octanol–water partition coefficient (Wildman–Crippen LogP) is 3.14. The molecule has 0 saturated carbocycles. The highest BCUT2D eigenvalue weighted by Crippen LogP contribution is 2.13. The molecular formula is C21H20FN3O3. The Morgan fingerprint density at radius 3 is 2.46 bits per heavy atom. The molecule has 7 heteroatoms. The predicted molar refractivity (Wildman–Crippen MR) is 101 cm³/mol. The molecule has 2 aromatic carbocycles. The number of esters is 1. The molecule has 3 aromatic rings. The van der Waals surface area contributed by atoms with E-state index in [1.54, 1.807) is 53.3 Å². The summed E-state index contributed by atoms with van der Waals surface area (Å²) in [5, 5.41) is 4.20. The quantitative estimate of drug-likeness (QED) is 0.616. The smallest absolute Gasteiger partial charge is 0.338 e. The van der Waals surface area contributed by atoms with Crippen molar-refractivity contribution in [2.24, 2.45) is 0 Å². The fraction of sp³-hybridized carbons (Fsp3) is 0.190. The number of hydrogen-bond donors (Lipinski definition) is 0. The maximum absolute atomic E-state index is 13.7. The van der Waals surface area contributed by atoms with Crippen molar-refractivity contribution >= 4 is 11.9 Å². The van der Waals surface area contributed by atoms with E-state index < -0.39 is 18.5 Å². The molecule has 0 aliphatic carbocycles. The van der Waals surface area contributed by atoms with Crippen molar-refractivity contribution in [3.05, 3.63) is 83.4 Å². The number of carbonyl (C=O) groups excluding carboxylic acids is 2. The van der Waals surface area contributed by atoms with Crippen molar-refractivity contribution in [3.8, 4) is 5.69 Å². The van der Waals surface area contributed by atoms with E-state index in [0.29, 0.717) is 11.1 Å². The van der Waals surface area contributed by atoms with Crippen LogP contribution in [0, 0.1) is 12.7 Å². The van der Waals surface area contributed by atoms with E-state index in [-0.39, 0.29) is 12.4 Å². The van der Waals surface area contributed by atoms with Gasteiger partial charge in [0.25, 0.3) is 5.91 Å². The molecule has 6 nitrogen and oxygen atoms in total. The minimum absolute atomic E-state index is 0.0982. The topological polar surface area (TPSA) is 64.4 Å². The summed E-state index contributed by atoms with van der Waals surface area (Å²) in [5.41, 5.74) is 2.52. The van der Waals surface area contributed by atoms with Gasteiger partial charge in [-0.25, -0.2) is 13.9 Å². The number of aryl methyl sites for hydroxylation is 1. The van der Waals surface area contributed by atoms with Gasteiger partial charge in [0.1, 0.15) is 5.82 Å².